The SMILES string of the molecule is CC(C)n1cc(C(N)=O)c2ccccc21. The molecule has 0 saturated carbocycles. The molecule has 1 aromatic carbocycles. The molecule has 2 N–H and O–H groups in total. The van der Waals surface area contributed by atoms with E-state index in [0.717, 1.165) is 10.9 Å². The van der Waals surface area contributed by atoms with Crippen LogP contribution in [0.25, 0.3) is 10.9 Å². The first-order valence-electron chi connectivity index (χ1n) is 5.00. The molecule has 3 nitrogen and oxygen atoms in total. The lowest BCUT2D eigenvalue weighted by molar-refractivity contribution is 0.100. The highest BCUT2D eigenvalue weighted by molar-refractivity contribution is 6.06. The van der Waals surface area contributed by atoms with Crippen molar-refractivity contribution in [1.82, 2.24) is 4.57 Å². The zero-order valence-corrected chi connectivity index (χ0v) is 8.90. The molecule has 1 heterocycles. The predicted molar refractivity (Wildman–Crippen MR) is 60.8 cm³/mol. The molecule has 0 fully saturated rings. The molecular weight excluding hydrogens is 188 g/mol. The van der Waals surface area contributed by atoms with Gasteiger partial charge in [-0.15, -0.1) is 0 Å². The molecule has 0 saturated heterocycles. The fraction of sp³-hybridized carbons (Fsp3) is 0.250. The van der Waals surface area contributed by atoms with Crippen molar-refractivity contribution in [3.8, 4) is 0 Å². The highest BCUT2D eigenvalue weighted by Crippen LogP contribution is 2.23. The van der Waals surface area contributed by atoms with Crippen molar-refractivity contribution in [2.45, 2.75) is 19.9 Å². The number of hydrogen-bond donors (Lipinski definition) is 1. The second-order valence-corrected chi connectivity index (χ2v) is 3.93. The zero-order valence-electron chi connectivity index (χ0n) is 8.90. The van der Waals surface area contributed by atoms with Crippen LogP contribution in [0, 0.1) is 0 Å². The van der Waals surface area contributed by atoms with E-state index in [1.807, 2.05) is 30.5 Å². The fourth-order valence-corrected chi connectivity index (χ4v) is 1.83. The Balaban J connectivity index is 2.79. The van der Waals surface area contributed by atoms with E-state index in [1.165, 1.54) is 0 Å². The van der Waals surface area contributed by atoms with Gasteiger partial charge in [0.1, 0.15) is 0 Å². The first-order chi connectivity index (χ1) is 7.11. The number of nitrogens with two attached hydrogens (primary N) is 1. The van der Waals surface area contributed by atoms with Gasteiger partial charge in [0.15, 0.2) is 0 Å². The van der Waals surface area contributed by atoms with Gasteiger partial charge in [-0.05, 0) is 19.9 Å². The molecule has 0 radical (unpaired) electrons. The van der Waals surface area contributed by atoms with Crippen LogP contribution in [0.15, 0.2) is 30.5 Å². The Morgan fingerprint density at radius 2 is 2.00 bits per heavy atom. The van der Waals surface area contributed by atoms with Crippen molar-refractivity contribution in [2.75, 3.05) is 0 Å². The molecule has 0 atom stereocenters. The van der Waals surface area contributed by atoms with Crippen LogP contribution in [0.2, 0.25) is 0 Å². The van der Waals surface area contributed by atoms with Crippen molar-refractivity contribution >= 4 is 16.8 Å². The van der Waals surface area contributed by atoms with Crippen molar-refractivity contribution in [1.29, 1.82) is 0 Å². The van der Waals surface area contributed by atoms with Gasteiger partial charge in [0.05, 0.1) is 5.56 Å². The maximum Gasteiger partial charge on any atom is 0.250 e. The Morgan fingerprint density at radius 1 is 1.33 bits per heavy atom. The molecular formula is C12H14N2O. The number of hydrogen-bond acceptors (Lipinski definition) is 1. The van der Waals surface area contributed by atoms with Crippen LogP contribution in [0.4, 0.5) is 0 Å². The van der Waals surface area contributed by atoms with Crippen LogP contribution in [0.5, 0.6) is 0 Å². The standard InChI is InChI=1S/C12H14N2O/c1-8(2)14-7-10(12(13)15)9-5-3-4-6-11(9)14/h3-8H,1-2H3,(H2,13,15). The second-order valence-electron chi connectivity index (χ2n) is 3.93. The summed E-state index contributed by atoms with van der Waals surface area (Å²) < 4.78 is 2.06. The Bertz CT molecular complexity index is 511. The van der Waals surface area contributed by atoms with Gasteiger partial charge in [0, 0.05) is 23.1 Å². The summed E-state index contributed by atoms with van der Waals surface area (Å²) in [5.74, 6) is -0.370. The lowest BCUT2D eigenvalue weighted by Gasteiger charge is -2.08. The maximum atomic E-state index is 11.3. The van der Waals surface area contributed by atoms with E-state index in [9.17, 15) is 4.79 Å². The van der Waals surface area contributed by atoms with Gasteiger partial charge in [-0.25, -0.2) is 0 Å². The molecule has 0 unspecified atom stereocenters. The molecule has 78 valence electrons. The smallest absolute Gasteiger partial charge is 0.250 e. The third-order valence-corrected chi connectivity index (χ3v) is 2.56. The highest BCUT2D eigenvalue weighted by atomic mass is 16.1. The minimum absolute atomic E-state index is 0.322. The van der Waals surface area contributed by atoms with Gasteiger partial charge in [-0.2, -0.15) is 0 Å². The lowest BCUT2D eigenvalue weighted by Crippen LogP contribution is -2.10. The van der Waals surface area contributed by atoms with Gasteiger partial charge >= 0.3 is 0 Å². The van der Waals surface area contributed by atoms with E-state index >= 15 is 0 Å². The van der Waals surface area contributed by atoms with E-state index in [2.05, 4.69) is 18.4 Å². The van der Waals surface area contributed by atoms with Gasteiger partial charge in [-0.3, -0.25) is 4.79 Å². The first-order valence-corrected chi connectivity index (χ1v) is 5.00. The summed E-state index contributed by atoms with van der Waals surface area (Å²) in [5, 5.41) is 0.929. The number of rotatable bonds is 2. The van der Waals surface area contributed by atoms with Crippen molar-refractivity contribution in [3.63, 3.8) is 0 Å². The highest BCUT2D eigenvalue weighted by Gasteiger charge is 2.12. The number of amides is 1. The van der Waals surface area contributed by atoms with Crippen LogP contribution in [-0.2, 0) is 0 Å². The summed E-state index contributed by atoms with van der Waals surface area (Å²) in [4.78, 5) is 11.3. The van der Waals surface area contributed by atoms with Crippen molar-refractivity contribution in [2.24, 2.45) is 5.73 Å². The molecule has 15 heavy (non-hydrogen) atoms. The Kier molecular flexibility index (Phi) is 2.23. The molecule has 0 aliphatic carbocycles. The summed E-state index contributed by atoms with van der Waals surface area (Å²) in [6, 6.07) is 8.13. The molecule has 0 aliphatic rings. The normalized spacial score (nSPS) is 11.1. The monoisotopic (exact) mass is 202 g/mol. The maximum absolute atomic E-state index is 11.3. The molecule has 2 rings (SSSR count). The van der Waals surface area contributed by atoms with Gasteiger partial charge in [0.25, 0.3) is 5.91 Å². The Morgan fingerprint density at radius 3 is 2.60 bits per heavy atom. The van der Waals surface area contributed by atoms with E-state index in [4.69, 9.17) is 5.73 Å². The van der Waals surface area contributed by atoms with E-state index < -0.39 is 0 Å². The number of carbonyl (C=O) groups excluding carboxylic acids is 1. The Labute approximate surface area is 88.5 Å². The number of fused-ring (bicyclic) bond motifs is 1. The summed E-state index contributed by atoms with van der Waals surface area (Å²) in [7, 11) is 0. The topological polar surface area (TPSA) is 48.0 Å². The lowest BCUT2D eigenvalue weighted by atomic mass is 10.2. The summed E-state index contributed by atoms with van der Waals surface area (Å²) in [6.07, 6.45) is 1.83. The number of carbonyl (C=O) groups is 1. The van der Waals surface area contributed by atoms with E-state index in [-0.39, 0.29) is 5.91 Å². The molecule has 3 heteroatoms. The van der Waals surface area contributed by atoms with Crippen LogP contribution in [0.1, 0.15) is 30.2 Å². The van der Waals surface area contributed by atoms with E-state index in [1.54, 1.807) is 0 Å². The number of aromatic nitrogens is 1. The minimum atomic E-state index is -0.370. The van der Waals surface area contributed by atoms with Gasteiger partial charge < -0.3 is 10.3 Å². The number of nitrogens with zero attached hydrogens (tertiary/aromatic N) is 1. The average molecular weight is 202 g/mol. The summed E-state index contributed by atoms with van der Waals surface area (Å²) in [6.45, 7) is 4.16. The molecule has 0 bridgehead atoms. The largest absolute Gasteiger partial charge is 0.366 e. The number of para-hydroxylation sites is 1. The van der Waals surface area contributed by atoms with Crippen molar-refractivity contribution in [3.05, 3.63) is 36.0 Å². The number of primary amides is 1. The summed E-state index contributed by atoms with van der Waals surface area (Å²) >= 11 is 0. The molecule has 2 aromatic rings. The first kappa shape index (κ1) is 9.77. The van der Waals surface area contributed by atoms with E-state index in [0.29, 0.717) is 11.6 Å². The van der Waals surface area contributed by atoms with Crippen LogP contribution in [-0.4, -0.2) is 10.5 Å². The number of benzene rings is 1. The Hall–Kier alpha value is -1.77. The molecule has 1 amide bonds. The van der Waals surface area contributed by atoms with Crippen LogP contribution >= 0.6 is 0 Å². The predicted octanol–water partition coefficient (Wildman–Crippen LogP) is 2.32. The average Bonchev–Trinajstić information content (AvgIpc) is 2.56. The third kappa shape index (κ3) is 1.50. The van der Waals surface area contributed by atoms with Gasteiger partial charge in [0.2, 0.25) is 0 Å². The quantitative estimate of drug-likeness (QED) is 0.798. The van der Waals surface area contributed by atoms with Gasteiger partial charge in [-0.1, -0.05) is 18.2 Å². The third-order valence-electron chi connectivity index (χ3n) is 2.56. The minimum Gasteiger partial charge on any atom is -0.366 e. The van der Waals surface area contributed by atoms with Crippen LogP contribution in [0.3, 0.4) is 0 Å². The van der Waals surface area contributed by atoms with Crippen LogP contribution < -0.4 is 5.73 Å². The fourth-order valence-electron chi connectivity index (χ4n) is 1.83. The molecule has 0 spiro atoms. The zero-order chi connectivity index (χ0) is 11.0. The van der Waals surface area contributed by atoms with Crippen molar-refractivity contribution < 1.29 is 4.79 Å². The molecule has 0 aliphatic heterocycles. The molecule has 1 aromatic heterocycles. The summed E-state index contributed by atoms with van der Waals surface area (Å²) in [5.41, 5.74) is 6.99. The second kappa shape index (κ2) is 3.42.